The number of aryl methyl sites for hydroxylation is 2. The molecule has 1 fully saturated rings. The van der Waals surface area contributed by atoms with Gasteiger partial charge in [0.05, 0.1) is 38.0 Å². The SMILES string of the molecule is Cc1ccc2cnn(CCC(=O)NCC(=O)N3CCOCC3)c2c1. The second kappa shape index (κ2) is 7.44. The van der Waals surface area contributed by atoms with Gasteiger partial charge >= 0.3 is 0 Å². The van der Waals surface area contributed by atoms with Gasteiger partial charge in [0, 0.05) is 24.9 Å². The van der Waals surface area contributed by atoms with Gasteiger partial charge in [0.25, 0.3) is 0 Å². The van der Waals surface area contributed by atoms with Crippen LogP contribution in [0.15, 0.2) is 24.4 Å². The first kappa shape index (κ1) is 16.4. The third-order valence-corrected chi connectivity index (χ3v) is 4.15. The fraction of sp³-hybridized carbons (Fsp3) is 0.471. The van der Waals surface area contributed by atoms with Gasteiger partial charge < -0.3 is 15.0 Å². The van der Waals surface area contributed by atoms with Gasteiger partial charge in [0.15, 0.2) is 0 Å². The van der Waals surface area contributed by atoms with E-state index in [1.807, 2.05) is 23.7 Å². The molecule has 1 aliphatic rings. The lowest BCUT2D eigenvalue weighted by Gasteiger charge is -2.26. The number of rotatable bonds is 5. The molecule has 1 aromatic carbocycles. The fourth-order valence-electron chi connectivity index (χ4n) is 2.75. The molecular weight excluding hydrogens is 308 g/mol. The monoisotopic (exact) mass is 330 g/mol. The quantitative estimate of drug-likeness (QED) is 0.876. The Morgan fingerprint density at radius 3 is 2.88 bits per heavy atom. The summed E-state index contributed by atoms with van der Waals surface area (Å²) in [5, 5.41) is 8.07. The molecule has 2 amide bonds. The summed E-state index contributed by atoms with van der Waals surface area (Å²) in [6.45, 7) is 4.86. The molecule has 0 bridgehead atoms. The van der Waals surface area contributed by atoms with Gasteiger partial charge in [-0.25, -0.2) is 0 Å². The lowest BCUT2D eigenvalue weighted by atomic mass is 10.2. The lowest BCUT2D eigenvalue weighted by Crippen LogP contribution is -2.45. The first-order valence-corrected chi connectivity index (χ1v) is 8.18. The summed E-state index contributed by atoms with van der Waals surface area (Å²) in [5.41, 5.74) is 2.18. The van der Waals surface area contributed by atoms with Crippen LogP contribution in [0.1, 0.15) is 12.0 Å². The summed E-state index contributed by atoms with van der Waals surface area (Å²) in [6.07, 6.45) is 2.09. The van der Waals surface area contributed by atoms with Crippen LogP contribution < -0.4 is 5.32 Å². The Labute approximate surface area is 140 Å². The Kier molecular flexibility index (Phi) is 5.10. The van der Waals surface area contributed by atoms with Crippen LogP contribution in [0.4, 0.5) is 0 Å². The molecule has 1 aromatic heterocycles. The van der Waals surface area contributed by atoms with Crippen LogP contribution in [-0.4, -0.2) is 59.3 Å². The van der Waals surface area contributed by atoms with Crippen LogP contribution in [0, 0.1) is 6.92 Å². The Hall–Kier alpha value is -2.41. The minimum absolute atomic E-state index is 0.0395. The van der Waals surface area contributed by atoms with Crippen molar-refractivity contribution in [1.29, 1.82) is 0 Å². The largest absolute Gasteiger partial charge is 0.378 e. The number of morpholine rings is 1. The summed E-state index contributed by atoms with van der Waals surface area (Å²) in [7, 11) is 0. The van der Waals surface area contributed by atoms with Crippen molar-refractivity contribution >= 4 is 22.7 Å². The van der Waals surface area contributed by atoms with Gasteiger partial charge in [-0.15, -0.1) is 0 Å². The van der Waals surface area contributed by atoms with Crippen LogP contribution >= 0.6 is 0 Å². The number of hydrogen-bond donors (Lipinski definition) is 1. The highest BCUT2D eigenvalue weighted by molar-refractivity contribution is 5.85. The molecule has 0 saturated carbocycles. The number of nitrogens with one attached hydrogen (secondary N) is 1. The number of ether oxygens (including phenoxy) is 1. The first-order valence-electron chi connectivity index (χ1n) is 8.18. The third kappa shape index (κ3) is 3.91. The summed E-state index contributed by atoms with van der Waals surface area (Å²) < 4.78 is 7.03. The average Bonchev–Trinajstić information content (AvgIpc) is 3.00. The minimum Gasteiger partial charge on any atom is -0.378 e. The summed E-state index contributed by atoms with van der Waals surface area (Å²) in [6, 6.07) is 6.12. The third-order valence-electron chi connectivity index (χ3n) is 4.15. The number of carbonyl (C=O) groups excluding carboxylic acids is 2. The van der Waals surface area contributed by atoms with E-state index in [0.717, 1.165) is 16.5 Å². The number of aromatic nitrogens is 2. The zero-order valence-electron chi connectivity index (χ0n) is 13.8. The van der Waals surface area contributed by atoms with Gasteiger partial charge in [0.1, 0.15) is 0 Å². The molecule has 24 heavy (non-hydrogen) atoms. The number of carbonyl (C=O) groups is 2. The van der Waals surface area contributed by atoms with E-state index in [2.05, 4.69) is 16.5 Å². The van der Waals surface area contributed by atoms with E-state index < -0.39 is 0 Å². The maximum Gasteiger partial charge on any atom is 0.242 e. The second-order valence-electron chi connectivity index (χ2n) is 5.95. The van der Waals surface area contributed by atoms with E-state index in [1.54, 1.807) is 11.1 Å². The lowest BCUT2D eigenvalue weighted by molar-refractivity contribution is -0.136. The van der Waals surface area contributed by atoms with E-state index in [0.29, 0.717) is 39.3 Å². The second-order valence-corrected chi connectivity index (χ2v) is 5.95. The zero-order valence-corrected chi connectivity index (χ0v) is 13.8. The molecule has 0 spiro atoms. The molecule has 2 heterocycles. The number of nitrogens with zero attached hydrogens (tertiary/aromatic N) is 3. The fourth-order valence-corrected chi connectivity index (χ4v) is 2.75. The maximum atomic E-state index is 12.0. The van der Waals surface area contributed by atoms with Gasteiger partial charge in [-0.1, -0.05) is 12.1 Å². The average molecular weight is 330 g/mol. The molecule has 0 atom stereocenters. The topological polar surface area (TPSA) is 76.5 Å². The number of amides is 2. The van der Waals surface area contributed by atoms with Crippen LogP contribution in [0.5, 0.6) is 0 Å². The number of fused-ring (bicyclic) bond motifs is 1. The van der Waals surface area contributed by atoms with Crippen molar-refractivity contribution in [1.82, 2.24) is 20.0 Å². The van der Waals surface area contributed by atoms with Gasteiger partial charge in [0.2, 0.25) is 11.8 Å². The van der Waals surface area contributed by atoms with E-state index in [1.165, 1.54) is 0 Å². The van der Waals surface area contributed by atoms with Crippen LogP contribution in [0.25, 0.3) is 10.9 Å². The maximum absolute atomic E-state index is 12.0. The number of hydrogen-bond acceptors (Lipinski definition) is 4. The van der Waals surface area contributed by atoms with Gasteiger partial charge in [-0.05, 0) is 18.6 Å². The highest BCUT2D eigenvalue weighted by Crippen LogP contribution is 2.15. The standard InChI is InChI=1S/C17H22N4O3/c1-13-2-3-14-11-19-21(15(14)10-13)5-4-16(22)18-12-17(23)20-6-8-24-9-7-20/h2-3,10-11H,4-9,12H2,1H3,(H,18,22). The predicted octanol–water partition coefficient (Wildman–Crippen LogP) is 0.710. The molecule has 1 N–H and O–H groups in total. The molecule has 3 rings (SSSR count). The van der Waals surface area contributed by atoms with Gasteiger partial charge in [-0.3, -0.25) is 14.3 Å². The van der Waals surface area contributed by atoms with E-state index >= 15 is 0 Å². The van der Waals surface area contributed by atoms with Crippen molar-refractivity contribution in [2.45, 2.75) is 19.9 Å². The highest BCUT2D eigenvalue weighted by Gasteiger charge is 2.17. The Balaban J connectivity index is 1.48. The molecular formula is C17H22N4O3. The van der Waals surface area contributed by atoms with Crippen LogP contribution in [-0.2, 0) is 20.9 Å². The molecule has 0 radical (unpaired) electrons. The molecule has 0 unspecified atom stereocenters. The Morgan fingerprint density at radius 2 is 2.08 bits per heavy atom. The molecule has 1 aliphatic heterocycles. The smallest absolute Gasteiger partial charge is 0.242 e. The molecule has 7 nitrogen and oxygen atoms in total. The minimum atomic E-state index is -0.145. The van der Waals surface area contributed by atoms with Crippen LogP contribution in [0.3, 0.4) is 0 Å². The number of benzene rings is 1. The Bertz CT molecular complexity index is 735. The van der Waals surface area contributed by atoms with E-state index in [9.17, 15) is 9.59 Å². The first-order chi connectivity index (χ1) is 11.6. The summed E-state index contributed by atoms with van der Waals surface area (Å²) in [5.74, 6) is -0.209. The van der Waals surface area contributed by atoms with Crippen molar-refractivity contribution < 1.29 is 14.3 Å². The zero-order chi connectivity index (χ0) is 16.9. The molecule has 128 valence electrons. The molecule has 0 aliphatic carbocycles. The van der Waals surface area contributed by atoms with Crippen molar-refractivity contribution in [3.8, 4) is 0 Å². The predicted molar refractivity (Wildman–Crippen MR) is 89.5 cm³/mol. The summed E-state index contributed by atoms with van der Waals surface area (Å²) >= 11 is 0. The van der Waals surface area contributed by atoms with Crippen molar-refractivity contribution in [3.63, 3.8) is 0 Å². The summed E-state index contributed by atoms with van der Waals surface area (Å²) in [4.78, 5) is 25.7. The molecule has 7 heteroatoms. The van der Waals surface area contributed by atoms with Crippen molar-refractivity contribution in [2.24, 2.45) is 0 Å². The van der Waals surface area contributed by atoms with E-state index in [4.69, 9.17) is 4.74 Å². The van der Waals surface area contributed by atoms with Crippen LogP contribution in [0.2, 0.25) is 0 Å². The van der Waals surface area contributed by atoms with Crippen molar-refractivity contribution in [2.75, 3.05) is 32.8 Å². The van der Waals surface area contributed by atoms with Gasteiger partial charge in [-0.2, -0.15) is 5.10 Å². The normalized spacial score (nSPS) is 14.8. The van der Waals surface area contributed by atoms with E-state index in [-0.39, 0.29) is 18.4 Å². The highest BCUT2D eigenvalue weighted by atomic mass is 16.5. The van der Waals surface area contributed by atoms with Crippen molar-refractivity contribution in [3.05, 3.63) is 30.0 Å². The molecule has 1 saturated heterocycles. The molecule has 2 aromatic rings. The Morgan fingerprint density at radius 1 is 1.29 bits per heavy atom.